The second-order valence-corrected chi connectivity index (χ2v) is 10.7. The number of nitrogens with one attached hydrogen (secondary N) is 1. The molecule has 33 heavy (non-hydrogen) atoms. The first kappa shape index (κ1) is 23.2. The normalized spacial score (nSPS) is 16.3. The molecule has 3 aromatic carbocycles. The summed E-state index contributed by atoms with van der Waals surface area (Å²) in [5.41, 5.74) is 6.25. The van der Waals surface area contributed by atoms with Crippen molar-refractivity contribution < 1.29 is 13.2 Å². The fourth-order valence-corrected chi connectivity index (χ4v) is 6.71. The van der Waals surface area contributed by atoms with Crippen LogP contribution in [0.4, 0.5) is 0 Å². The van der Waals surface area contributed by atoms with Crippen molar-refractivity contribution >= 4 is 15.9 Å². The van der Waals surface area contributed by atoms with Crippen LogP contribution in [-0.2, 0) is 34.3 Å². The Morgan fingerprint density at radius 3 is 2.12 bits per heavy atom. The van der Waals surface area contributed by atoms with Crippen LogP contribution in [0.25, 0.3) is 0 Å². The van der Waals surface area contributed by atoms with Crippen LogP contribution in [0, 0.1) is 27.7 Å². The summed E-state index contributed by atoms with van der Waals surface area (Å²) in [7, 11) is -3.92. The molecule has 0 spiro atoms. The van der Waals surface area contributed by atoms with Gasteiger partial charge in [-0.15, -0.1) is 0 Å². The van der Waals surface area contributed by atoms with Crippen LogP contribution < -0.4 is 5.32 Å². The van der Waals surface area contributed by atoms with E-state index >= 15 is 0 Å². The van der Waals surface area contributed by atoms with Gasteiger partial charge in [0.2, 0.25) is 15.9 Å². The Morgan fingerprint density at radius 2 is 1.48 bits per heavy atom. The molecule has 0 unspecified atom stereocenters. The van der Waals surface area contributed by atoms with Crippen molar-refractivity contribution in [2.75, 3.05) is 0 Å². The van der Waals surface area contributed by atoms with E-state index in [9.17, 15) is 13.2 Å². The molecule has 5 nitrogen and oxygen atoms in total. The standard InChI is InChI=1S/C27H30N2O3S/c1-18-14-19(2)21(4)26(20(18)3)33(31,32)29-17-24-13-9-8-12-23(24)15-25(29)27(30)28-16-22-10-6-5-7-11-22/h5-14,25H,15-17H2,1-4H3,(H,28,30)/t25-/m0/s1. The van der Waals surface area contributed by atoms with Gasteiger partial charge in [0.15, 0.2) is 0 Å². The van der Waals surface area contributed by atoms with Crippen molar-refractivity contribution in [2.45, 2.75) is 58.1 Å². The zero-order valence-electron chi connectivity index (χ0n) is 19.6. The first-order chi connectivity index (χ1) is 15.7. The fraction of sp³-hybridized carbons (Fsp3) is 0.296. The van der Waals surface area contributed by atoms with Gasteiger partial charge in [0.25, 0.3) is 0 Å². The maximum atomic E-state index is 14.1. The minimum Gasteiger partial charge on any atom is -0.351 e. The van der Waals surface area contributed by atoms with Crippen LogP contribution in [0.15, 0.2) is 65.6 Å². The highest BCUT2D eigenvalue weighted by molar-refractivity contribution is 7.89. The summed E-state index contributed by atoms with van der Waals surface area (Å²) in [5.74, 6) is -0.281. The van der Waals surface area contributed by atoms with Gasteiger partial charge in [-0.2, -0.15) is 4.31 Å². The molecule has 0 aromatic heterocycles. The summed E-state index contributed by atoms with van der Waals surface area (Å²) < 4.78 is 29.5. The summed E-state index contributed by atoms with van der Waals surface area (Å²) in [6, 6.07) is 18.6. The molecule has 0 saturated heterocycles. The first-order valence-electron chi connectivity index (χ1n) is 11.2. The molecule has 1 aliphatic rings. The molecule has 6 heteroatoms. The molecule has 0 radical (unpaired) electrons. The Kier molecular flexibility index (Phi) is 6.41. The Hall–Kier alpha value is -2.96. The van der Waals surface area contributed by atoms with Crippen LogP contribution in [-0.4, -0.2) is 24.7 Å². The number of fused-ring (bicyclic) bond motifs is 1. The second-order valence-electron chi connectivity index (χ2n) is 8.83. The zero-order valence-corrected chi connectivity index (χ0v) is 20.4. The van der Waals surface area contributed by atoms with Crippen molar-refractivity contribution in [3.8, 4) is 0 Å². The number of nitrogens with zero attached hydrogens (tertiary/aromatic N) is 1. The van der Waals surface area contributed by atoms with E-state index in [1.807, 2.05) is 88.4 Å². The molecule has 0 saturated carbocycles. The lowest BCUT2D eigenvalue weighted by molar-refractivity contribution is -0.125. The van der Waals surface area contributed by atoms with Gasteiger partial charge in [-0.1, -0.05) is 60.7 Å². The van der Waals surface area contributed by atoms with E-state index in [1.54, 1.807) is 0 Å². The average molecular weight is 463 g/mol. The molecule has 1 amide bonds. The van der Waals surface area contributed by atoms with Crippen LogP contribution >= 0.6 is 0 Å². The van der Waals surface area contributed by atoms with E-state index in [2.05, 4.69) is 5.32 Å². The van der Waals surface area contributed by atoms with Gasteiger partial charge >= 0.3 is 0 Å². The molecule has 4 rings (SSSR count). The molecule has 1 N–H and O–H groups in total. The predicted octanol–water partition coefficient (Wildman–Crippen LogP) is 4.35. The number of carbonyl (C=O) groups excluding carboxylic acids is 1. The third-order valence-corrected chi connectivity index (χ3v) is 8.81. The van der Waals surface area contributed by atoms with Gasteiger partial charge in [0, 0.05) is 13.1 Å². The third kappa shape index (κ3) is 4.45. The number of amides is 1. The maximum Gasteiger partial charge on any atom is 0.244 e. The topological polar surface area (TPSA) is 66.5 Å². The van der Waals surface area contributed by atoms with E-state index in [-0.39, 0.29) is 12.5 Å². The first-order valence-corrected chi connectivity index (χ1v) is 12.6. The van der Waals surface area contributed by atoms with E-state index in [1.165, 1.54) is 4.31 Å². The summed E-state index contributed by atoms with van der Waals surface area (Å²) in [6.45, 7) is 8.07. The van der Waals surface area contributed by atoms with Crippen molar-refractivity contribution in [1.82, 2.24) is 9.62 Å². The zero-order chi connectivity index (χ0) is 23.8. The summed E-state index contributed by atoms with van der Waals surface area (Å²) in [4.78, 5) is 13.7. The maximum absolute atomic E-state index is 14.1. The predicted molar refractivity (Wildman–Crippen MR) is 130 cm³/mol. The molecule has 0 bridgehead atoms. The molecule has 0 aliphatic carbocycles. The second kappa shape index (κ2) is 9.12. The van der Waals surface area contributed by atoms with E-state index in [4.69, 9.17) is 0 Å². The molecule has 0 fully saturated rings. The minimum absolute atomic E-state index is 0.174. The number of aryl methyl sites for hydroxylation is 2. The van der Waals surface area contributed by atoms with Gasteiger partial charge < -0.3 is 5.32 Å². The van der Waals surface area contributed by atoms with Crippen LogP contribution in [0.5, 0.6) is 0 Å². The van der Waals surface area contributed by atoms with Gasteiger partial charge in [0.1, 0.15) is 6.04 Å². The smallest absolute Gasteiger partial charge is 0.244 e. The fourth-order valence-electron chi connectivity index (χ4n) is 4.56. The number of hydrogen-bond acceptors (Lipinski definition) is 3. The minimum atomic E-state index is -3.92. The molecule has 172 valence electrons. The van der Waals surface area contributed by atoms with Crippen molar-refractivity contribution in [3.05, 3.63) is 99.6 Å². The summed E-state index contributed by atoms with van der Waals surface area (Å²) >= 11 is 0. The highest BCUT2D eigenvalue weighted by Crippen LogP contribution is 2.34. The largest absolute Gasteiger partial charge is 0.351 e. The molecule has 1 atom stereocenters. The lowest BCUT2D eigenvalue weighted by Gasteiger charge is -2.36. The van der Waals surface area contributed by atoms with E-state index < -0.39 is 16.1 Å². The monoisotopic (exact) mass is 462 g/mol. The average Bonchev–Trinajstić information content (AvgIpc) is 2.81. The lowest BCUT2D eigenvalue weighted by atomic mass is 9.95. The van der Waals surface area contributed by atoms with Crippen LogP contribution in [0.3, 0.4) is 0 Å². The molecule has 1 aliphatic heterocycles. The van der Waals surface area contributed by atoms with Gasteiger partial charge in [-0.25, -0.2) is 8.42 Å². The van der Waals surface area contributed by atoms with Crippen molar-refractivity contribution in [2.24, 2.45) is 0 Å². The van der Waals surface area contributed by atoms with E-state index in [0.29, 0.717) is 17.9 Å². The molecule has 3 aromatic rings. The van der Waals surface area contributed by atoms with Gasteiger partial charge in [-0.3, -0.25) is 4.79 Å². The summed E-state index contributed by atoms with van der Waals surface area (Å²) in [6.07, 6.45) is 0.346. The van der Waals surface area contributed by atoms with Gasteiger partial charge in [0.05, 0.1) is 4.90 Å². The Balaban J connectivity index is 1.74. The van der Waals surface area contributed by atoms with Crippen LogP contribution in [0.1, 0.15) is 38.9 Å². The highest BCUT2D eigenvalue weighted by atomic mass is 32.2. The van der Waals surface area contributed by atoms with Gasteiger partial charge in [-0.05, 0) is 73.1 Å². The SMILES string of the molecule is Cc1cc(C)c(C)c(S(=O)(=O)N2Cc3ccccc3C[C@H]2C(=O)NCc2ccccc2)c1C. The molecular weight excluding hydrogens is 432 g/mol. The molecular formula is C27H30N2O3S. The number of benzene rings is 3. The number of sulfonamides is 1. The number of carbonyl (C=O) groups is 1. The Labute approximate surface area is 196 Å². The summed E-state index contributed by atoms with van der Waals surface area (Å²) in [5, 5.41) is 2.96. The van der Waals surface area contributed by atoms with Crippen molar-refractivity contribution in [1.29, 1.82) is 0 Å². The lowest BCUT2D eigenvalue weighted by Crippen LogP contribution is -2.52. The third-order valence-electron chi connectivity index (χ3n) is 6.68. The Bertz CT molecular complexity index is 1270. The van der Waals surface area contributed by atoms with E-state index in [0.717, 1.165) is 38.9 Å². The highest BCUT2D eigenvalue weighted by Gasteiger charge is 2.41. The Morgan fingerprint density at radius 1 is 0.909 bits per heavy atom. The quantitative estimate of drug-likeness (QED) is 0.613. The van der Waals surface area contributed by atoms with Crippen LogP contribution in [0.2, 0.25) is 0 Å². The molecule has 1 heterocycles. The number of rotatable bonds is 5. The number of hydrogen-bond donors (Lipinski definition) is 1. The van der Waals surface area contributed by atoms with Crippen molar-refractivity contribution in [3.63, 3.8) is 0 Å².